The van der Waals surface area contributed by atoms with Gasteiger partial charge in [0.25, 0.3) is 5.91 Å². The number of hydrogen-bond donors (Lipinski definition) is 1. The highest BCUT2D eigenvalue weighted by Gasteiger charge is 2.31. The number of thioether (sulfide) groups is 1. The van der Waals surface area contributed by atoms with Crippen LogP contribution in [0.1, 0.15) is 29.5 Å². The van der Waals surface area contributed by atoms with E-state index in [1.807, 2.05) is 30.5 Å². The topological polar surface area (TPSA) is 73.4 Å². The Labute approximate surface area is 130 Å². The molecule has 1 amide bonds. The van der Waals surface area contributed by atoms with Gasteiger partial charge in [0.1, 0.15) is 5.69 Å². The van der Waals surface area contributed by atoms with Crippen molar-refractivity contribution < 1.29 is 9.53 Å². The molecule has 0 radical (unpaired) electrons. The van der Waals surface area contributed by atoms with Gasteiger partial charge in [0, 0.05) is 32.0 Å². The number of nitrogens with zero attached hydrogens (tertiary/aromatic N) is 3. The summed E-state index contributed by atoms with van der Waals surface area (Å²) in [5.41, 5.74) is 7.81. The highest BCUT2D eigenvalue weighted by Crippen LogP contribution is 2.26. The molecule has 2 rings (SSSR count). The van der Waals surface area contributed by atoms with Crippen molar-refractivity contribution in [3.63, 3.8) is 0 Å². The highest BCUT2D eigenvalue weighted by atomic mass is 32.2. The highest BCUT2D eigenvalue weighted by molar-refractivity contribution is 7.99. The van der Waals surface area contributed by atoms with Crippen LogP contribution in [0.25, 0.3) is 0 Å². The van der Waals surface area contributed by atoms with E-state index in [2.05, 4.69) is 5.10 Å². The predicted molar refractivity (Wildman–Crippen MR) is 85.7 cm³/mol. The van der Waals surface area contributed by atoms with Gasteiger partial charge in [-0.25, -0.2) is 0 Å². The minimum absolute atomic E-state index is 0.0282. The Hall–Kier alpha value is -1.21. The van der Waals surface area contributed by atoms with Crippen LogP contribution in [0.4, 0.5) is 5.69 Å². The first-order valence-corrected chi connectivity index (χ1v) is 8.46. The number of rotatable bonds is 6. The van der Waals surface area contributed by atoms with Gasteiger partial charge in [-0.3, -0.25) is 9.48 Å². The first kappa shape index (κ1) is 16.2. The largest absolute Gasteiger partial charge is 0.395 e. The molecule has 6 nitrogen and oxygen atoms in total. The zero-order valence-corrected chi connectivity index (χ0v) is 13.8. The molecule has 1 saturated heterocycles. The molecule has 1 unspecified atom stereocenters. The van der Waals surface area contributed by atoms with Crippen LogP contribution >= 0.6 is 11.8 Å². The van der Waals surface area contributed by atoms with Crippen LogP contribution in [0.15, 0.2) is 0 Å². The number of carbonyl (C=O) groups is 1. The summed E-state index contributed by atoms with van der Waals surface area (Å²) >= 11 is 1.89. The summed E-state index contributed by atoms with van der Waals surface area (Å²) in [6.07, 6.45) is 1.03. The van der Waals surface area contributed by atoms with Crippen molar-refractivity contribution in [3.05, 3.63) is 11.4 Å². The summed E-state index contributed by atoms with van der Waals surface area (Å²) in [4.78, 5) is 14.9. The maximum Gasteiger partial charge on any atom is 0.274 e. The SMILES string of the molecule is CCn1nc(C)c(N)c1C(=O)N(CCOC)C1CCSC1. The Kier molecular flexibility index (Phi) is 5.52. The fourth-order valence-electron chi connectivity index (χ4n) is 2.59. The van der Waals surface area contributed by atoms with Crippen molar-refractivity contribution in [2.24, 2.45) is 0 Å². The molecule has 1 aliphatic heterocycles. The van der Waals surface area contributed by atoms with Gasteiger partial charge in [-0.2, -0.15) is 16.9 Å². The van der Waals surface area contributed by atoms with Crippen molar-refractivity contribution in [1.82, 2.24) is 14.7 Å². The normalized spacial score (nSPS) is 18.1. The molecule has 0 saturated carbocycles. The van der Waals surface area contributed by atoms with Crippen LogP contribution in [0.2, 0.25) is 0 Å². The molecule has 2 N–H and O–H groups in total. The van der Waals surface area contributed by atoms with Crippen molar-refractivity contribution in [2.75, 3.05) is 37.5 Å². The average Bonchev–Trinajstić information content (AvgIpc) is 3.09. The fraction of sp³-hybridized carbons (Fsp3) is 0.714. The third-order valence-electron chi connectivity index (χ3n) is 3.82. The summed E-state index contributed by atoms with van der Waals surface area (Å²) in [6, 6.07) is 0.262. The third kappa shape index (κ3) is 3.35. The van der Waals surface area contributed by atoms with Crippen LogP contribution in [-0.4, -0.2) is 58.4 Å². The Bertz CT molecular complexity index is 497. The molecule has 0 aliphatic carbocycles. The molecule has 0 aromatic carbocycles. The third-order valence-corrected chi connectivity index (χ3v) is 4.96. The molecule has 1 aromatic rings. The molecular formula is C14H24N4O2S. The van der Waals surface area contributed by atoms with Gasteiger partial charge in [-0.05, 0) is 26.0 Å². The Morgan fingerprint density at radius 3 is 2.95 bits per heavy atom. The van der Waals surface area contributed by atoms with E-state index >= 15 is 0 Å². The van der Waals surface area contributed by atoms with Crippen molar-refractivity contribution in [2.45, 2.75) is 32.9 Å². The van der Waals surface area contributed by atoms with Gasteiger partial charge < -0.3 is 15.4 Å². The molecule has 1 fully saturated rings. The molecule has 2 heterocycles. The lowest BCUT2D eigenvalue weighted by atomic mass is 10.2. The molecule has 21 heavy (non-hydrogen) atoms. The molecule has 0 bridgehead atoms. The van der Waals surface area contributed by atoms with E-state index in [1.54, 1.807) is 11.8 Å². The van der Waals surface area contributed by atoms with Crippen molar-refractivity contribution in [1.29, 1.82) is 0 Å². The number of ether oxygens (including phenoxy) is 1. The minimum atomic E-state index is -0.0282. The maximum atomic E-state index is 13.0. The molecular weight excluding hydrogens is 288 g/mol. The van der Waals surface area contributed by atoms with E-state index in [0.29, 0.717) is 36.8 Å². The zero-order chi connectivity index (χ0) is 15.4. The summed E-state index contributed by atoms with van der Waals surface area (Å²) < 4.78 is 6.86. The van der Waals surface area contributed by atoms with Gasteiger partial charge in [0.15, 0.2) is 0 Å². The molecule has 1 aromatic heterocycles. The number of hydrogen-bond acceptors (Lipinski definition) is 5. The first-order chi connectivity index (χ1) is 10.1. The lowest BCUT2D eigenvalue weighted by molar-refractivity contribution is 0.0613. The van der Waals surface area contributed by atoms with Gasteiger partial charge in [0.2, 0.25) is 0 Å². The second-order valence-electron chi connectivity index (χ2n) is 5.17. The number of carbonyl (C=O) groups excluding carboxylic acids is 1. The standard InChI is InChI=1S/C14H24N4O2S/c1-4-18-13(12(15)10(2)16-18)14(19)17(6-7-20-3)11-5-8-21-9-11/h11H,4-9,15H2,1-3H3. The van der Waals surface area contributed by atoms with Crippen LogP contribution in [0.5, 0.6) is 0 Å². The summed E-state index contributed by atoms with van der Waals surface area (Å²) in [6.45, 7) is 5.56. The Morgan fingerprint density at radius 1 is 1.62 bits per heavy atom. The van der Waals surface area contributed by atoms with E-state index in [9.17, 15) is 4.79 Å². The van der Waals surface area contributed by atoms with E-state index in [4.69, 9.17) is 10.5 Å². The zero-order valence-electron chi connectivity index (χ0n) is 13.0. The number of methoxy groups -OCH3 is 1. The lowest BCUT2D eigenvalue weighted by Gasteiger charge is -2.28. The summed E-state index contributed by atoms with van der Waals surface area (Å²) in [5, 5.41) is 4.35. The van der Waals surface area contributed by atoms with Gasteiger partial charge in [-0.1, -0.05) is 0 Å². The maximum absolute atomic E-state index is 13.0. The van der Waals surface area contributed by atoms with E-state index in [0.717, 1.165) is 17.9 Å². The molecule has 0 spiro atoms. The number of nitrogens with two attached hydrogens (primary N) is 1. The fourth-order valence-corrected chi connectivity index (χ4v) is 3.82. The van der Waals surface area contributed by atoms with E-state index in [-0.39, 0.29) is 11.9 Å². The van der Waals surface area contributed by atoms with Gasteiger partial charge >= 0.3 is 0 Å². The Balaban J connectivity index is 2.28. The predicted octanol–water partition coefficient (Wildman–Crippen LogP) is 1.39. The van der Waals surface area contributed by atoms with E-state index in [1.165, 1.54) is 0 Å². The number of amides is 1. The molecule has 118 valence electrons. The van der Waals surface area contributed by atoms with Crippen LogP contribution < -0.4 is 5.73 Å². The second kappa shape index (κ2) is 7.17. The summed E-state index contributed by atoms with van der Waals surface area (Å²) in [5.74, 6) is 2.05. The van der Waals surface area contributed by atoms with Gasteiger partial charge in [-0.15, -0.1) is 0 Å². The smallest absolute Gasteiger partial charge is 0.274 e. The summed E-state index contributed by atoms with van der Waals surface area (Å²) in [7, 11) is 1.65. The monoisotopic (exact) mass is 312 g/mol. The van der Waals surface area contributed by atoms with E-state index < -0.39 is 0 Å². The van der Waals surface area contributed by atoms with Gasteiger partial charge in [0.05, 0.1) is 18.0 Å². The second-order valence-corrected chi connectivity index (χ2v) is 6.32. The van der Waals surface area contributed by atoms with Crippen molar-refractivity contribution in [3.8, 4) is 0 Å². The van der Waals surface area contributed by atoms with Crippen LogP contribution in [-0.2, 0) is 11.3 Å². The minimum Gasteiger partial charge on any atom is -0.395 e. The first-order valence-electron chi connectivity index (χ1n) is 7.30. The molecule has 1 aliphatic rings. The van der Waals surface area contributed by atoms with Crippen molar-refractivity contribution >= 4 is 23.4 Å². The average molecular weight is 312 g/mol. The lowest BCUT2D eigenvalue weighted by Crippen LogP contribution is -2.43. The van der Waals surface area contributed by atoms with Crippen LogP contribution in [0.3, 0.4) is 0 Å². The molecule has 7 heteroatoms. The van der Waals surface area contributed by atoms with Crippen LogP contribution in [0, 0.1) is 6.92 Å². The number of nitrogen functional groups attached to an aromatic ring is 1. The number of anilines is 1. The molecule has 1 atom stereocenters. The number of aromatic nitrogens is 2. The Morgan fingerprint density at radius 2 is 2.38 bits per heavy atom. The quantitative estimate of drug-likeness (QED) is 0.859. The number of aryl methyl sites for hydroxylation is 2.